The van der Waals surface area contributed by atoms with Gasteiger partial charge in [0.25, 0.3) is 5.56 Å². The smallest absolute Gasteiger partial charge is 0.262 e. The monoisotopic (exact) mass is 486 g/mol. The van der Waals surface area contributed by atoms with Crippen molar-refractivity contribution in [2.75, 3.05) is 12.3 Å². The van der Waals surface area contributed by atoms with Gasteiger partial charge >= 0.3 is 0 Å². The largest absolute Gasteiger partial charge is 0.370 e. The van der Waals surface area contributed by atoms with E-state index in [1.165, 1.54) is 11.8 Å². The van der Waals surface area contributed by atoms with Gasteiger partial charge in [-0.05, 0) is 29.7 Å². The number of rotatable bonds is 10. The van der Waals surface area contributed by atoms with Crippen molar-refractivity contribution >= 4 is 46.1 Å². The highest BCUT2D eigenvalue weighted by Crippen LogP contribution is 2.22. The summed E-state index contributed by atoms with van der Waals surface area (Å²) in [6, 6.07) is 14.6. The number of nitrogens with zero attached hydrogens (tertiary/aromatic N) is 3. The van der Waals surface area contributed by atoms with Crippen molar-refractivity contribution in [3.63, 3.8) is 0 Å². The Morgan fingerprint density at radius 2 is 1.91 bits per heavy atom. The topological polar surface area (TPSA) is 98.3 Å². The van der Waals surface area contributed by atoms with E-state index in [2.05, 4.69) is 4.98 Å². The second-order valence-corrected chi connectivity index (χ2v) is 9.55. The highest BCUT2D eigenvalue weighted by atomic mass is 35.5. The van der Waals surface area contributed by atoms with E-state index < -0.39 is 5.91 Å². The number of fused-ring (bicyclic) bond motifs is 1. The average molecular weight is 487 g/mol. The SMILES string of the molecule is CC(C)Cn1c(SCC(=O)N(CCC(N)=O)Cc2ccccc2)nc2ccc(Cl)cc2c1=O. The van der Waals surface area contributed by atoms with Gasteiger partial charge in [-0.15, -0.1) is 0 Å². The molecule has 0 saturated heterocycles. The molecular formula is C24H27ClN4O3S. The lowest BCUT2D eigenvalue weighted by Gasteiger charge is -2.22. The Morgan fingerprint density at radius 3 is 2.58 bits per heavy atom. The Labute approximate surface area is 201 Å². The molecule has 0 spiro atoms. The van der Waals surface area contributed by atoms with Crippen LogP contribution in [0.3, 0.4) is 0 Å². The summed E-state index contributed by atoms with van der Waals surface area (Å²) in [6.07, 6.45) is 0.0796. The van der Waals surface area contributed by atoms with Gasteiger partial charge in [0.1, 0.15) is 0 Å². The number of hydrogen-bond acceptors (Lipinski definition) is 5. The predicted octanol–water partition coefficient (Wildman–Crippen LogP) is 3.70. The Morgan fingerprint density at radius 1 is 1.18 bits per heavy atom. The number of benzene rings is 2. The number of aromatic nitrogens is 2. The number of carbonyl (C=O) groups excluding carboxylic acids is 2. The van der Waals surface area contributed by atoms with Gasteiger partial charge in [0.2, 0.25) is 11.8 Å². The maximum Gasteiger partial charge on any atom is 0.262 e. The van der Waals surface area contributed by atoms with Crippen molar-refractivity contribution in [1.29, 1.82) is 0 Å². The molecule has 2 N–H and O–H groups in total. The molecule has 7 nitrogen and oxygen atoms in total. The Bertz CT molecular complexity index is 1200. The lowest BCUT2D eigenvalue weighted by atomic mass is 10.2. The van der Waals surface area contributed by atoms with E-state index in [1.807, 2.05) is 44.2 Å². The predicted molar refractivity (Wildman–Crippen MR) is 132 cm³/mol. The van der Waals surface area contributed by atoms with E-state index in [4.69, 9.17) is 17.3 Å². The summed E-state index contributed by atoms with van der Waals surface area (Å²) in [6.45, 7) is 5.10. The summed E-state index contributed by atoms with van der Waals surface area (Å²) in [5.41, 5.74) is 6.62. The minimum atomic E-state index is -0.464. The van der Waals surface area contributed by atoms with Crippen LogP contribution >= 0.6 is 23.4 Å². The molecule has 0 aliphatic heterocycles. The third kappa shape index (κ3) is 6.82. The highest BCUT2D eigenvalue weighted by Gasteiger charge is 2.19. The lowest BCUT2D eigenvalue weighted by Crippen LogP contribution is -2.35. The molecule has 1 aromatic heterocycles. The molecule has 0 fully saturated rings. The van der Waals surface area contributed by atoms with E-state index in [0.717, 1.165) is 5.56 Å². The fraction of sp³-hybridized carbons (Fsp3) is 0.333. The summed E-state index contributed by atoms with van der Waals surface area (Å²) in [7, 11) is 0. The summed E-state index contributed by atoms with van der Waals surface area (Å²) in [4.78, 5) is 43.8. The number of carbonyl (C=O) groups is 2. The van der Waals surface area contributed by atoms with Crippen LogP contribution in [0.4, 0.5) is 0 Å². The number of primary amides is 1. The van der Waals surface area contributed by atoms with Crippen LogP contribution in [0.15, 0.2) is 58.5 Å². The van der Waals surface area contributed by atoms with Crippen LogP contribution in [0, 0.1) is 5.92 Å². The maximum absolute atomic E-state index is 13.1. The number of hydrogen-bond donors (Lipinski definition) is 1. The van der Waals surface area contributed by atoms with Gasteiger partial charge in [0.15, 0.2) is 5.16 Å². The number of thioether (sulfide) groups is 1. The molecule has 0 bridgehead atoms. The van der Waals surface area contributed by atoms with E-state index in [9.17, 15) is 14.4 Å². The van der Waals surface area contributed by atoms with Crippen LogP contribution < -0.4 is 11.3 Å². The van der Waals surface area contributed by atoms with Gasteiger partial charge in [-0.2, -0.15) is 0 Å². The summed E-state index contributed by atoms with van der Waals surface area (Å²) in [5.74, 6) is -0.336. The first-order chi connectivity index (χ1) is 15.7. The van der Waals surface area contributed by atoms with Gasteiger partial charge in [0.05, 0.1) is 16.7 Å². The number of halogens is 1. The maximum atomic E-state index is 13.1. The van der Waals surface area contributed by atoms with Crippen LogP contribution in [0.2, 0.25) is 5.02 Å². The quantitative estimate of drug-likeness (QED) is 0.348. The second-order valence-electron chi connectivity index (χ2n) is 8.17. The zero-order valence-electron chi connectivity index (χ0n) is 18.7. The first-order valence-corrected chi connectivity index (χ1v) is 12.0. The molecule has 0 unspecified atom stereocenters. The van der Waals surface area contributed by atoms with Crippen molar-refractivity contribution in [2.45, 2.75) is 38.5 Å². The first kappa shape index (κ1) is 24.8. The van der Waals surface area contributed by atoms with Crippen molar-refractivity contribution in [3.05, 3.63) is 69.5 Å². The van der Waals surface area contributed by atoms with Crippen LogP contribution in [0.1, 0.15) is 25.8 Å². The first-order valence-electron chi connectivity index (χ1n) is 10.7. The van der Waals surface area contributed by atoms with Crippen LogP contribution in [-0.2, 0) is 22.7 Å². The third-order valence-corrected chi connectivity index (χ3v) is 6.15. The molecule has 2 aromatic carbocycles. The Balaban J connectivity index is 1.85. The van der Waals surface area contributed by atoms with Crippen molar-refractivity contribution in [2.24, 2.45) is 11.7 Å². The molecular weight excluding hydrogens is 460 g/mol. The molecule has 3 aromatic rings. The molecule has 33 heavy (non-hydrogen) atoms. The van der Waals surface area contributed by atoms with Crippen LogP contribution in [0.5, 0.6) is 0 Å². The molecule has 3 rings (SSSR count). The molecule has 0 radical (unpaired) electrons. The zero-order chi connectivity index (χ0) is 24.0. The fourth-order valence-electron chi connectivity index (χ4n) is 3.37. The lowest BCUT2D eigenvalue weighted by molar-refractivity contribution is -0.129. The summed E-state index contributed by atoms with van der Waals surface area (Å²) >= 11 is 7.30. The standard InChI is InChI=1S/C24H27ClN4O3S/c1-16(2)13-29-23(32)19-12-18(25)8-9-20(19)27-24(29)33-15-22(31)28(11-10-21(26)30)14-17-6-4-3-5-7-17/h3-9,12,16H,10-11,13-15H2,1-2H3,(H2,26,30). The van der Waals surface area contributed by atoms with Crippen molar-refractivity contribution in [1.82, 2.24) is 14.5 Å². The van der Waals surface area contributed by atoms with Crippen LogP contribution in [-0.4, -0.2) is 38.6 Å². The van der Waals surface area contributed by atoms with Gasteiger partial charge in [-0.25, -0.2) is 4.98 Å². The number of nitrogens with two attached hydrogens (primary N) is 1. The highest BCUT2D eigenvalue weighted by molar-refractivity contribution is 7.99. The normalized spacial score (nSPS) is 11.2. The van der Waals surface area contributed by atoms with Crippen molar-refractivity contribution < 1.29 is 9.59 Å². The Hall–Kier alpha value is -2.84. The summed E-state index contributed by atoms with van der Waals surface area (Å²) in [5, 5.41) is 1.40. The van der Waals surface area contributed by atoms with E-state index in [-0.39, 0.29) is 36.1 Å². The fourth-order valence-corrected chi connectivity index (χ4v) is 4.45. The molecule has 9 heteroatoms. The van der Waals surface area contributed by atoms with Gasteiger partial charge in [0, 0.05) is 31.1 Å². The minimum Gasteiger partial charge on any atom is -0.370 e. The molecule has 2 amide bonds. The molecule has 0 atom stereocenters. The van der Waals surface area contributed by atoms with E-state index in [0.29, 0.717) is 34.2 Å². The van der Waals surface area contributed by atoms with Gasteiger partial charge < -0.3 is 10.6 Å². The van der Waals surface area contributed by atoms with Gasteiger partial charge in [-0.1, -0.05) is 67.5 Å². The summed E-state index contributed by atoms with van der Waals surface area (Å²) < 4.78 is 1.60. The molecule has 174 valence electrons. The molecule has 0 aliphatic rings. The minimum absolute atomic E-state index is 0.0786. The van der Waals surface area contributed by atoms with E-state index in [1.54, 1.807) is 27.7 Å². The van der Waals surface area contributed by atoms with E-state index >= 15 is 0 Å². The molecule has 0 aliphatic carbocycles. The molecule has 1 heterocycles. The molecule has 0 saturated carbocycles. The van der Waals surface area contributed by atoms with Gasteiger partial charge in [-0.3, -0.25) is 19.0 Å². The average Bonchev–Trinajstić information content (AvgIpc) is 2.78. The second kappa shape index (κ2) is 11.3. The van der Waals surface area contributed by atoms with Crippen LogP contribution in [0.25, 0.3) is 10.9 Å². The zero-order valence-corrected chi connectivity index (χ0v) is 20.2. The number of amides is 2. The van der Waals surface area contributed by atoms with Crippen molar-refractivity contribution in [3.8, 4) is 0 Å². The third-order valence-electron chi connectivity index (χ3n) is 4.95. The Kier molecular flexibility index (Phi) is 8.52.